The quantitative estimate of drug-likeness (QED) is 0.580. The van der Waals surface area contributed by atoms with E-state index in [0.29, 0.717) is 18.0 Å². The van der Waals surface area contributed by atoms with Crippen molar-refractivity contribution in [3.8, 4) is 0 Å². The van der Waals surface area contributed by atoms with Gasteiger partial charge in [0.1, 0.15) is 25.1 Å². The molecule has 0 radical (unpaired) electrons. The highest BCUT2D eigenvalue weighted by Crippen LogP contribution is 2.08. The van der Waals surface area contributed by atoms with Gasteiger partial charge in [-0.25, -0.2) is 0 Å². The molecule has 0 fully saturated rings. The minimum Gasteiger partial charge on any atom is -0.399 e. The van der Waals surface area contributed by atoms with Crippen molar-refractivity contribution < 1.29 is 9.68 Å². The fourth-order valence-electron chi connectivity index (χ4n) is 1.24. The number of benzene rings is 1. The first-order valence-corrected chi connectivity index (χ1v) is 5.44. The second-order valence-corrected chi connectivity index (χ2v) is 3.74. The number of rotatable bonds is 5. The van der Waals surface area contributed by atoms with Crippen molar-refractivity contribution in [1.29, 1.82) is 0 Å². The van der Waals surface area contributed by atoms with Crippen molar-refractivity contribution in [3.63, 3.8) is 0 Å². The van der Waals surface area contributed by atoms with E-state index in [0.717, 1.165) is 5.56 Å². The predicted octanol–water partition coefficient (Wildman–Crippen LogP) is 2.91. The minimum atomic E-state index is 0.463. The molecule has 0 N–H and O–H groups in total. The molecular weight excluding hydrogens is 216 g/mol. The summed E-state index contributed by atoms with van der Waals surface area (Å²) in [6, 6.07) is 8.06. The lowest BCUT2D eigenvalue weighted by Gasteiger charge is -2.04. The molecule has 17 heavy (non-hydrogen) atoms. The molecule has 0 aliphatic rings. The second-order valence-electron chi connectivity index (χ2n) is 3.74. The summed E-state index contributed by atoms with van der Waals surface area (Å²) in [6.45, 7) is 6.16. The monoisotopic (exact) mass is 234 g/mol. The highest BCUT2D eigenvalue weighted by atomic mass is 16.6. The Labute approximate surface area is 102 Å². The molecule has 1 aromatic carbocycles. The van der Waals surface area contributed by atoms with Gasteiger partial charge in [0.25, 0.3) is 0 Å². The topological polar surface area (TPSA) is 43.2 Å². The van der Waals surface area contributed by atoms with Crippen LogP contribution < -0.4 is 0 Å². The van der Waals surface area contributed by atoms with E-state index < -0.39 is 0 Å². The van der Waals surface area contributed by atoms with Crippen LogP contribution in [0.4, 0.5) is 0 Å². The molecule has 4 nitrogen and oxygen atoms in total. The van der Waals surface area contributed by atoms with Crippen molar-refractivity contribution in [2.24, 2.45) is 10.3 Å². The van der Waals surface area contributed by atoms with E-state index >= 15 is 0 Å². The van der Waals surface area contributed by atoms with Gasteiger partial charge in [0.05, 0.1) is 0 Å². The van der Waals surface area contributed by atoms with Gasteiger partial charge < -0.3 is 9.68 Å². The van der Waals surface area contributed by atoms with Crippen LogP contribution in [-0.2, 0) is 16.3 Å². The third-order valence-electron chi connectivity index (χ3n) is 2.43. The Bertz CT molecular complexity index is 425. The Morgan fingerprint density at radius 1 is 1.12 bits per heavy atom. The average molecular weight is 234 g/mol. The fourth-order valence-corrected chi connectivity index (χ4v) is 1.24. The Morgan fingerprint density at radius 2 is 1.76 bits per heavy atom. The van der Waals surface area contributed by atoms with Gasteiger partial charge in [-0.1, -0.05) is 34.6 Å². The van der Waals surface area contributed by atoms with Gasteiger partial charge in [-0.05, 0) is 31.9 Å². The molecule has 0 heterocycles. The second kappa shape index (κ2) is 6.68. The summed E-state index contributed by atoms with van der Waals surface area (Å²) in [7, 11) is 1.50. The van der Waals surface area contributed by atoms with Crippen LogP contribution in [-0.4, -0.2) is 18.5 Å². The molecule has 92 valence electrons. The van der Waals surface area contributed by atoms with Crippen LogP contribution in [0.1, 0.15) is 25.0 Å². The number of hydrogen-bond acceptors (Lipinski definition) is 4. The van der Waals surface area contributed by atoms with Crippen LogP contribution in [0.25, 0.3) is 0 Å². The molecule has 0 aromatic heterocycles. The minimum absolute atomic E-state index is 0.463. The largest absolute Gasteiger partial charge is 0.399 e. The maximum atomic E-state index is 5.28. The van der Waals surface area contributed by atoms with Gasteiger partial charge in [-0.3, -0.25) is 0 Å². The first-order valence-electron chi connectivity index (χ1n) is 5.44. The molecule has 1 rings (SSSR count). The molecular formula is C13H18N2O2. The summed E-state index contributed by atoms with van der Waals surface area (Å²) < 4.78 is 0. The van der Waals surface area contributed by atoms with E-state index in [9.17, 15) is 0 Å². The smallest absolute Gasteiger partial charge is 0.142 e. The first-order chi connectivity index (χ1) is 8.15. The Balaban J connectivity index is 2.55. The molecule has 4 heteroatoms. The highest BCUT2D eigenvalue weighted by Gasteiger charge is 1.99. The summed E-state index contributed by atoms with van der Waals surface area (Å²) in [5, 5.41) is 7.76. The normalized spacial score (nSPS) is 12.5. The van der Waals surface area contributed by atoms with Gasteiger partial charge in [0.2, 0.25) is 0 Å². The van der Waals surface area contributed by atoms with Gasteiger partial charge in [-0.2, -0.15) is 0 Å². The number of hydrogen-bond donors (Lipinski definition) is 0. The highest BCUT2D eigenvalue weighted by molar-refractivity contribution is 6.40. The molecule has 0 saturated heterocycles. The van der Waals surface area contributed by atoms with E-state index in [1.54, 1.807) is 0 Å². The molecule has 0 bridgehead atoms. The number of oxime groups is 2. The maximum absolute atomic E-state index is 5.28. The lowest BCUT2D eigenvalue weighted by Crippen LogP contribution is -2.07. The fraction of sp³-hybridized carbons (Fsp3) is 0.385. The van der Waals surface area contributed by atoms with Gasteiger partial charge >= 0.3 is 0 Å². The molecule has 0 amide bonds. The zero-order valence-corrected chi connectivity index (χ0v) is 10.7. The SMILES string of the molecule is CO/N=C(C)/C(C)=N/OCc1ccccc1C. The van der Waals surface area contributed by atoms with E-state index in [1.807, 2.05) is 45.0 Å². The zero-order chi connectivity index (χ0) is 12.7. The van der Waals surface area contributed by atoms with Gasteiger partial charge in [0, 0.05) is 0 Å². The number of aryl methyl sites for hydroxylation is 1. The van der Waals surface area contributed by atoms with Crippen molar-refractivity contribution in [1.82, 2.24) is 0 Å². The number of nitrogens with zero attached hydrogens (tertiary/aromatic N) is 2. The average Bonchev–Trinajstić information content (AvgIpc) is 2.31. The van der Waals surface area contributed by atoms with Crippen molar-refractivity contribution in [2.75, 3.05) is 7.11 Å². The molecule has 0 saturated carbocycles. The van der Waals surface area contributed by atoms with Crippen molar-refractivity contribution in [2.45, 2.75) is 27.4 Å². The van der Waals surface area contributed by atoms with E-state index in [1.165, 1.54) is 12.7 Å². The standard InChI is InChI=1S/C13H18N2O2/c1-10-7-5-6-8-13(10)9-17-15-12(3)11(2)14-16-4/h5-8H,9H2,1-4H3/b14-11+,15-12+. The van der Waals surface area contributed by atoms with Crippen molar-refractivity contribution in [3.05, 3.63) is 35.4 Å². The van der Waals surface area contributed by atoms with Crippen molar-refractivity contribution >= 4 is 11.4 Å². The summed E-state index contributed by atoms with van der Waals surface area (Å²) in [5.74, 6) is 0. The Kier molecular flexibility index (Phi) is 5.20. The summed E-state index contributed by atoms with van der Waals surface area (Å²) >= 11 is 0. The molecule has 0 unspecified atom stereocenters. The predicted molar refractivity (Wildman–Crippen MR) is 69.2 cm³/mol. The zero-order valence-electron chi connectivity index (χ0n) is 10.7. The van der Waals surface area contributed by atoms with E-state index in [2.05, 4.69) is 15.1 Å². The van der Waals surface area contributed by atoms with E-state index in [-0.39, 0.29) is 0 Å². The maximum Gasteiger partial charge on any atom is 0.142 e. The summed E-state index contributed by atoms with van der Waals surface area (Å²) in [5.41, 5.74) is 3.74. The van der Waals surface area contributed by atoms with Crippen LogP contribution in [0.15, 0.2) is 34.6 Å². The molecule has 0 aliphatic carbocycles. The van der Waals surface area contributed by atoms with Crippen LogP contribution in [0.3, 0.4) is 0 Å². The third-order valence-corrected chi connectivity index (χ3v) is 2.43. The van der Waals surface area contributed by atoms with Crippen LogP contribution in [0.5, 0.6) is 0 Å². The summed E-state index contributed by atoms with van der Waals surface area (Å²) in [6.07, 6.45) is 0. The molecule has 0 atom stereocenters. The third kappa shape index (κ3) is 4.26. The van der Waals surface area contributed by atoms with Crippen LogP contribution in [0, 0.1) is 6.92 Å². The molecule has 0 spiro atoms. The van der Waals surface area contributed by atoms with Crippen LogP contribution >= 0.6 is 0 Å². The Morgan fingerprint density at radius 3 is 2.41 bits per heavy atom. The first kappa shape index (κ1) is 13.2. The molecule has 0 aliphatic heterocycles. The lowest BCUT2D eigenvalue weighted by atomic mass is 10.1. The molecule has 1 aromatic rings. The van der Waals surface area contributed by atoms with Crippen LogP contribution in [0.2, 0.25) is 0 Å². The van der Waals surface area contributed by atoms with Gasteiger partial charge in [-0.15, -0.1) is 0 Å². The van der Waals surface area contributed by atoms with Gasteiger partial charge in [0.15, 0.2) is 0 Å². The van der Waals surface area contributed by atoms with E-state index in [4.69, 9.17) is 4.84 Å². The lowest BCUT2D eigenvalue weighted by molar-refractivity contribution is 0.130. The Hall–Kier alpha value is -1.84. The summed E-state index contributed by atoms with van der Waals surface area (Å²) in [4.78, 5) is 9.94.